The molecule has 0 aromatic heterocycles. The summed E-state index contributed by atoms with van der Waals surface area (Å²) in [6.45, 7) is 5.97. The summed E-state index contributed by atoms with van der Waals surface area (Å²) < 4.78 is 0. The third-order valence-corrected chi connectivity index (χ3v) is 8.22. The first-order valence-corrected chi connectivity index (χ1v) is 13.7. The minimum Gasteiger partial charge on any atom is -0.508 e. The van der Waals surface area contributed by atoms with Crippen LogP contribution in [0.4, 0.5) is 0 Å². The fourth-order valence-corrected chi connectivity index (χ4v) is 6.51. The van der Waals surface area contributed by atoms with Crippen LogP contribution in [0, 0.1) is 11.8 Å². The number of hydrogen-bond donors (Lipinski definition) is 5. The largest absolute Gasteiger partial charge is 0.508 e. The van der Waals surface area contributed by atoms with E-state index in [-0.39, 0.29) is 23.3 Å². The van der Waals surface area contributed by atoms with Crippen LogP contribution in [-0.4, -0.2) is 99.6 Å². The number of carbonyl (C=O) groups excluding carboxylic acids is 3. The van der Waals surface area contributed by atoms with Crippen LogP contribution in [0.1, 0.15) is 50.3 Å². The Morgan fingerprint density at radius 1 is 1.10 bits per heavy atom. The fraction of sp³-hybridized carbons (Fsp3) is 0.567. The predicted octanol–water partition coefficient (Wildman–Crippen LogP) is 1.89. The Hall–Kier alpha value is -3.21. The standard InChI is InChI=1S/C30H41N3O7/c1-29(2,3)31-28(39)22-25(36)23(33(6)7)18-14-16-13-17-15(9-8-12-32(4)5)10-11-19(34)21(17)24(35)20(16)26(37)30(18,40)27(22)38/h10-11,16,18,23,34-35,38,40H,8-9,12-14H2,1-7H3,(H,31,39)/t16-,18-,23-,30-/m1/s1. The highest BCUT2D eigenvalue weighted by Crippen LogP contribution is 2.53. The molecular formula is C30H41N3O7. The molecule has 4 rings (SSSR count). The summed E-state index contributed by atoms with van der Waals surface area (Å²) in [6.07, 6.45) is 1.96. The molecule has 40 heavy (non-hydrogen) atoms. The number of aliphatic hydroxyl groups is 3. The van der Waals surface area contributed by atoms with Crippen molar-refractivity contribution >= 4 is 23.2 Å². The quantitative estimate of drug-likeness (QED) is 0.332. The number of phenolic OH excluding ortho intramolecular Hbond substituents is 1. The molecule has 0 bridgehead atoms. The van der Waals surface area contributed by atoms with Gasteiger partial charge in [-0.2, -0.15) is 0 Å². The van der Waals surface area contributed by atoms with Gasteiger partial charge in [0.2, 0.25) is 5.78 Å². The zero-order valence-corrected chi connectivity index (χ0v) is 24.3. The molecule has 0 unspecified atom stereocenters. The summed E-state index contributed by atoms with van der Waals surface area (Å²) in [6, 6.07) is 2.24. The smallest absolute Gasteiger partial charge is 0.258 e. The zero-order valence-electron chi connectivity index (χ0n) is 24.3. The second kappa shape index (κ2) is 10.3. The normalized spacial score (nSPS) is 26.7. The van der Waals surface area contributed by atoms with Crippen molar-refractivity contribution in [3.05, 3.63) is 45.7 Å². The van der Waals surface area contributed by atoms with Gasteiger partial charge in [-0.1, -0.05) is 6.07 Å². The van der Waals surface area contributed by atoms with Gasteiger partial charge >= 0.3 is 0 Å². The van der Waals surface area contributed by atoms with Crippen molar-refractivity contribution in [3.63, 3.8) is 0 Å². The number of aryl methyl sites for hydroxylation is 1. The van der Waals surface area contributed by atoms with E-state index in [0.717, 1.165) is 24.1 Å². The van der Waals surface area contributed by atoms with Gasteiger partial charge in [0.05, 0.1) is 11.6 Å². The SMILES string of the molecule is CN(C)CCCc1ccc(O)c2c1C[C@@H]1C[C@@H]3[C@@H](N(C)C)C(=O)C(C(=O)NC(C)(C)C)=C(O)[C@]3(O)C(=O)C1=C2O. The molecule has 3 aliphatic rings. The Morgan fingerprint density at radius 2 is 1.75 bits per heavy atom. The number of fused-ring (bicyclic) bond motifs is 3. The number of rotatable bonds is 6. The monoisotopic (exact) mass is 555 g/mol. The predicted molar refractivity (Wildman–Crippen MR) is 150 cm³/mol. The number of hydrogen-bond acceptors (Lipinski definition) is 9. The molecule has 0 spiro atoms. The van der Waals surface area contributed by atoms with Gasteiger partial charge in [0.25, 0.3) is 5.91 Å². The Kier molecular flexibility index (Phi) is 7.68. The van der Waals surface area contributed by atoms with Crippen LogP contribution in [0.3, 0.4) is 0 Å². The van der Waals surface area contributed by atoms with Crippen molar-refractivity contribution in [3.8, 4) is 5.75 Å². The van der Waals surface area contributed by atoms with Crippen molar-refractivity contribution in [1.29, 1.82) is 0 Å². The molecule has 0 saturated heterocycles. The first kappa shape index (κ1) is 29.8. The second-order valence-corrected chi connectivity index (χ2v) is 12.8. The lowest BCUT2D eigenvalue weighted by molar-refractivity contribution is -0.153. The fourth-order valence-electron chi connectivity index (χ4n) is 6.51. The van der Waals surface area contributed by atoms with Gasteiger partial charge in [-0.15, -0.1) is 0 Å². The Morgan fingerprint density at radius 3 is 2.33 bits per heavy atom. The molecule has 1 fully saturated rings. The molecule has 0 radical (unpaired) electrons. The summed E-state index contributed by atoms with van der Waals surface area (Å²) in [5.74, 6) is -5.80. The van der Waals surface area contributed by atoms with E-state index in [0.29, 0.717) is 12.8 Å². The number of carbonyl (C=O) groups is 3. The molecular weight excluding hydrogens is 514 g/mol. The molecule has 10 heteroatoms. The molecule has 1 amide bonds. The number of phenols is 1. The number of aliphatic hydroxyl groups excluding tert-OH is 2. The van der Waals surface area contributed by atoms with Crippen molar-refractivity contribution in [2.24, 2.45) is 11.8 Å². The lowest BCUT2D eigenvalue weighted by Gasteiger charge is -2.50. The minimum absolute atomic E-state index is 0.0979. The molecule has 1 aromatic rings. The lowest BCUT2D eigenvalue weighted by atomic mass is 9.57. The Labute approximate surface area is 235 Å². The molecule has 218 valence electrons. The van der Waals surface area contributed by atoms with Gasteiger partial charge in [-0.05, 0) is 104 Å². The van der Waals surface area contributed by atoms with Crippen molar-refractivity contribution in [2.75, 3.05) is 34.7 Å². The molecule has 0 heterocycles. The van der Waals surface area contributed by atoms with Crippen LogP contribution in [-0.2, 0) is 27.2 Å². The van der Waals surface area contributed by atoms with Crippen LogP contribution in [0.5, 0.6) is 5.75 Å². The Bertz CT molecular complexity index is 1320. The van der Waals surface area contributed by atoms with Crippen LogP contribution >= 0.6 is 0 Å². The van der Waals surface area contributed by atoms with Crippen LogP contribution in [0.2, 0.25) is 0 Å². The highest BCUT2D eigenvalue weighted by Gasteiger charge is 2.64. The third-order valence-electron chi connectivity index (χ3n) is 8.22. The van der Waals surface area contributed by atoms with E-state index in [4.69, 9.17) is 0 Å². The molecule has 1 saturated carbocycles. The van der Waals surface area contributed by atoms with Crippen LogP contribution in [0.25, 0.3) is 5.76 Å². The molecule has 3 aliphatic carbocycles. The summed E-state index contributed by atoms with van der Waals surface area (Å²) in [4.78, 5) is 44.5. The van der Waals surface area contributed by atoms with Crippen LogP contribution < -0.4 is 5.32 Å². The maximum absolute atomic E-state index is 14.1. The number of Topliss-reactive ketones (excluding diaryl/α,β-unsaturated/α-hetero) is 2. The molecule has 1 aromatic carbocycles. The first-order valence-electron chi connectivity index (χ1n) is 13.7. The third kappa shape index (κ3) is 4.82. The minimum atomic E-state index is -2.61. The summed E-state index contributed by atoms with van der Waals surface area (Å²) in [5.41, 5.74) is -2.31. The van der Waals surface area contributed by atoms with Crippen molar-refractivity contribution in [2.45, 2.75) is 63.6 Å². The number of aromatic hydroxyl groups is 1. The Balaban J connectivity index is 1.87. The topological polar surface area (TPSA) is 151 Å². The van der Waals surface area contributed by atoms with E-state index < -0.39 is 63.6 Å². The van der Waals surface area contributed by atoms with Gasteiger partial charge in [0, 0.05) is 17.0 Å². The molecule has 10 nitrogen and oxygen atoms in total. The number of nitrogens with zero attached hydrogens (tertiary/aromatic N) is 2. The maximum Gasteiger partial charge on any atom is 0.258 e. The average molecular weight is 556 g/mol. The number of nitrogens with one attached hydrogen (secondary N) is 1. The second-order valence-electron chi connectivity index (χ2n) is 12.8. The first-order chi connectivity index (χ1) is 18.5. The van der Waals surface area contributed by atoms with E-state index in [1.54, 1.807) is 39.8 Å². The van der Waals surface area contributed by atoms with Gasteiger partial charge < -0.3 is 30.6 Å². The van der Waals surface area contributed by atoms with Gasteiger partial charge in [-0.3, -0.25) is 19.3 Å². The number of likely N-dealkylation sites (N-methyl/N-ethyl adjacent to an activating group) is 1. The number of benzene rings is 1. The van der Waals surface area contributed by atoms with E-state index in [1.807, 2.05) is 20.2 Å². The van der Waals surface area contributed by atoms with E-state index in [1.165, 1.54) is 6.07 Å². The summed E-state index contributed by atoms with van der Waals surface area (Å²) in [5, 5.41) is 48.0. The van der Waals surface area contributed by atoms with Crippen molar-refractivity contribution < 1.29 is 34.8 Å². The zero-order chi connectivity index (χ0) is 29.9. The van der Waals surface area contributed by atoms with E-state index in [9.17, 15) is 34.8 Å². The van der Waals surface area contributed by atoms with Gasteiger partial charge in [0.1, 0.15) is 22.8 Å². The number of amides is 1. The van der Waals surface area contributed by atoms with E-state index in [2.05, 4.69) is 10.2 Å². The van der Waals surface area contributed by atoms with E-state index >= 15 is 0 Å². The summed E-state index contributed by atoms with van der Waals surface area (Å²) >= 11 is 0. The summed E-state index contributed by atoms with van der Waals surface area (Å²) in [7, 11) is 7.21. The van der Waals surface area contributed by atoms with Crippen LogP contribution in [0.15, 0.2) is 29.0 Å². The highest BCUT2D eigenvalue weighted by molar-refractivity contribution is 6.25. The average Bonchev–Trinajstić information content (AvgIpc) is 2.81. The maximum atomic E-state index is 14.1. The molecule has 0 aliphatic heterocycles. The highest BCUT2D eigenvalue weighted by atomic mass is 16.3. The van der Waals surface area contributed by atoms with Crippen molar-refractivity contribution in [1.82, 2.24) is 15.1 Å². The molecule has 4 atom stereocenters. The molecule has 5 N–H and O–H groups in total. The number of ketones is 2. The lowest BCUT2D eigenvalue weighted by Crippen LogP contribution is -2.66. The van der Waals surface area contributed by atoms with Gasteiger partial charge in [-0.25, -0.2) is 0 Å². The van der Waals surface area contributed by atoms with Gasteiger partial charge in [0.15, 0.2) is 11.4 Å².